The average molecular weight is 134 g/mol. The fourth-order valence-corrected chi connectivity index (χ4v) is 0.228. The van der Waals surface area contributed by atoms with Crippen LogP contribution in [0, 0.1) is 16.7 Å². The van der Waals surface area contributed by atoms with Crippen molar-refractivity contribution in [3.63, 3.8) is 0 Å². The van der Waals surface area contributed by atoms with Crippen LogP contribution in [0.4, 0.5) is 0 Å². The van der Waals surface area contributed by atoms with Gasteiger partial charge in [-0.1, -0.05) is 0 Å². The number of ether oxygens (including phenoxy) is 2. The molecule has 5 nitrogen and oxygen atoms in total. The van der Waals surface area contributed by atoms with Crippen molar-refractivity contribution in [3.05, 3.63) is 16.7 Å². The first-order valence-electron chi connectivity index (χ1n) is 2.36. The molecule has 0 saturated heterocycles. The Bertz CT molecular complexity index is 84.6. The van der Waals surface area contributed by atoms with Crippen LogP contribution in [0.5, 0.6) is 0 Å². The highest BCUT2D eigenvalue weighted by Gasteiger charge is 1.92. The molecule has 0 heterocycles. The van der Waals surface area contributed by atoms with E-state index in [4.69, 9.17) is 0 Å². The fraction of sp³-hybridized carbons (Fsp3) is 0.750. The standard InChI is InChI=1S/C4H8NO4/c1-2-8-4-9-3-5(6)7/h2H,3-4H2,1H3. The minimum absolute atomic E-state index is 0.0581. The van der Waals surface area contributed by atoms with Crippen LogP contribution in [0.15, 0.2) is 0 Å². The van der Waals surface area contributed by atoms with E-state index in [0.717, 1.165) is 0 Å². The Hall–Kier alpha value is -0.680. The Morgan fingerprint density at radius 2 is 2.44 bits per heavy atom. The molecule has 0 aromatic carbocycles. The highest BCUT2D eigenvalue weighted by atomic mass is 16.7. The Morgan fingerprint density at radius 1 is 1.78 bits per heavy atom. The molecule has 53 valence electrons. The van der Waals surface area contributed by atoms with Gasteiger partial charge >= 0.3 is 6.73 Å². The first-order chi connectivity index (χ1) is 4.27. The summed E-state index contributed by atoms with van der Waals surface area (Å²) < 4.78 is 8.92. The second-order valence-electron chi connectivity index (χ2n) is 1.19. The first kappa shape index (κ1) is 8.32. The van der Waals surface area contributed by atoms with Gasteiger partial charge in [-0.05, 0) is 6.92 Å². The van der Waals surface area contributed by atoms with E-state index in [2.05, 4.69) is 9.47 Å². The van der Waals surface area contributed by atoms with Gasteiger partial charge in [0.1, 0.15) is 0 Å². The number of nitrogens with zero attached hydrogens (tertiary/aromatic N) is 1. The Balaban J connectivity index is 2.83. The molecule has 0 aliphatic heterocycles. The number of rotatable bonds is 5. The van der Waals surface area contributed by atoms with Crippen LogP contribution in [-0.4, -0.2) is 18.4 Å². The van der Waals surface area contributed by atoms with Crippen LogP contribution >= 0.6 is 0 Å². The van der Waals surface area contributed by atoms with Gasteiger partial charge in [-0.25, -0.2) is 0 Å². The van der Waals surface area contributed by atoms with Gasteiger partial charge in [0.15, 0.2) is 6.79 Å². The maximum absolute atomic E-state index is 9.58. The molecule has 0 aromatic rings. The van der Waals surface area contributed by atoms with Gasteiger partial charge in [-0.3, -0.25) is 14.9 Å². The van der Waals surface area contributed by atoms with E-state index in [-0.39, 0.29) is 6.79 Å². The summed E-state index contributed by atoms with van der Waals surface area (Å²) in [6, 6.07) is 0. The molecule has 0 aliphatic rings. The molecule has 9 heavy (non-hydrogen) atoms. The monoisotopic (exact) mass is 134 g/mol. The van der Waals surface area contributed by atoms with Crippen molar-refractivity contribution in [3.8, 4) is 0 Å². The van der Waals surface area contributed by atoms with E-state index >= 15 is 0 Å². The van der Waals surface area contributed by atoms with Crippen LogP contribution < -0.4 is 0 Å². The van der Waals surface area contributed by atoms with E-state index in [1.54, 1.807) is 6.92 Å². The van der Waals surface area contributed by atoms with Crippen molar-refractivity contribution in [1.82, 2.24) is 0 Å². The summed E-state index contributed by atoms with van der Waals surface area (Å²) in [5.41, 5.74) is 0. The lowest BCUT2D eigenvalue weighted by Crippen LogP contribution is -2.07. The second-order valence-corrected chi connectivity index (χ2v) is 1.19. The summed E-state index contributed by atoms with van der Waals surface area (Å²) in [5, 5.41) is 9.58. The van der Waals surface area contributed by atoms with E-state index in [1.807, 2.05) is 0 Å². The molecule has 5 heteroatoms. The highest BCUT2D eigenvalue weighted by Crippen LogP contribution is 1.80. The van der Waals surface area contributed by atoms with E-state index < -0.39 is 11.7 Å². The normalized spacial score (nSPS) is 9.44. The lowest BCUT2D eigenvalue weighted by atomic mass is 10.9. The summed E-state index contributed by atoms with van der Waals surface area (Å²) >= 11 is 0. The van der Waals surface area contributed by atoms with Crippen molar-refractivity contribution in [2.24, 2.45) is 0 Å². The van der Waals surface area contributed by atoms with Gasteiger partial charge in [0.2, 0.25) is 0 Å². The quantitative estimate of drug-likeness (QED) is 0.236. The average Bonchev–Trinajstić information content (AvgIpc) is 1.80. The molecule has 0 bridgehead atoms. The number of nitro groups is 1. The minimum Gasteiger partial charge on any atom is -0.350 e. The lowest BCUT2D eigenvalue weighted by molar-refractivity contribution is -0.530. The van der Waals surface area contributed by atoms with Crippen LogP contribution in [-0.2, 0) is 9.47 Å². The summed E-state index contributed by atoms with van der Waals surface area (Å²) in [6.07, 6.45) is 0. The van der Waals surface area contributed by atoms with Gasteiger partial charge in [0, 0.05) is 4.92 Å². The maximum atomic E-state index is 9.58. The largest absolute Gasteiger partial charge is 0.350 e. The number of hydrogen-bond acceptors (Lipinski definition) is 4. The molecule has 0 aliphatic carbocycles. The molecule has 0 rings (SSSR count). The van der Waals surface area contributed by atoms with Gasteiger partial charge < -0.3 is 4.74 Å². The van der Waals surface area contributed by atoms with E-state index in [1.165, 1.54) is 6.61 Å². The van der Waals surface area contributed by atoms with Gasteiger partial charge in [0.05, 0.1) is 6.61 Å². The van der Waals surface area contributed by atoms with Crippen molar-refractivity contribution < 1.29 is 14.4 Å². The molecule has 0 amide bonds. The third-order valence-corrected chi connectivity index (χ3v) is 0.515. The molecule has 1 radical (unpaired) electrons. The molecule has 0 aromatic heterocycles. The third kappa shape index (κ3) is 7.32. The molecule has 0 unspecified atom stereocenters. The first-order valence-corrected chi connectivity index (χ1v) is 2.36. The summed E-state index contributed by atoms with van der Waals surface area (Å²) in [7, 11) is 0. The predicted molar refractivity (Wildman–Crippen MR) is 28.9 cm³/mol. The Kier molecular flexibility index (Phi) is 5.04. The molecule has 0 spiro atoms. The van der Waals surface area contributed by atoms with Gasteiger partial charge in [-0.2, -0.15) is 0 Å². The highest BCUT2D eigenvalue weighted by molar-refractivity contribution is 4.26. The number of hydrogen-bond donors (Lipinski definition) is 0. The zero-order chi connectivity index (χ0) is 7.11. The lowest BCUT2D eigenvalue weighted by Gasteiger charge is -1.96. The van der Waals surface area contributed by atoms with Crippen LogP contribution in [0.2, 0.25) is 0 Å². The van der Waals surface area contributed by atoms with E-state index in [0.29, 0.717) is 0 Å². The van der Waals surface area contributed by atoms with E-state index in [9.17, 15) is 10.1 Å². The minimum atomic E-state index is -0.570. The fourth-order valence-electron chi connectivity index (χ4n) is 0.228. The summed E-state index contributed by atoms with van der Waals surface area (Å²) in [4.78, 5) is 9.01. The van der Waals surface area contributed by atoms with Gasteiger partial charge in [-0.15, -0.1) is 0 Å². The Morgan fingerprint density at radius 3 is 2.89 bits per heavy atom. The van der Waals surface area contributed by atoms with Crippen LogP contribution in [0.1, 0.15) is 6.92 Å². The van der Waals surface area contributed by atoms with Gasteiger partial charge in [0.25, 0.3) is 0 Å². The van der Waals surface area contributed by atoms with Crippen LogP contribution in [0.25, 0.3) is 0 Å². The van der Waals surface area contributed by atoms with Crippen molar-refractivity contribution in [1.29, 1.82) is 0 Å². The third-order valence-electron chi connectivity index (χ3n) is 0.515. The smallest absolute Gasteiger partial charge is 0.308 e. The second kappa shape index (κ2) is 5.46. The topological polar surface area (TPSA) is 61.6 Å². The van der Waals surface area contributed by atoms with Crippen molar-refractivity contribution >= 4 is 0 Å². The molecular formula is C4H8NO4. The molecule has 0 atom stereocenters. The predicted octanol–water partition coefficient (Wildman–Crippen LogP) is 0.393. The maximum Gasteiger partial charge on any atom is 0.308 e. The zero-order valence-electron chi connectivity index (χ0n) is 5.07. The van der Waals surface area contributed by atoms with Crippen molar-refractivity contribution in [2.45, 2.75) is 6.92 Å². The summed E-state index contributed by atoms with van der Waals surface area (Å²) in [6.45, 7) is 2.50. The molecule has 0 saturated carbocycles. The zero-order valence-corrected chi connectivity index (χ0v) is 5.07. The van der Waals surface area contributed by atoms with Crippen molar-refractivity contribution in [2.75, 3.05) is 13.5 Å². The van der Waals surface area contributed by atoms with Crippen LogP contribution in [0.3, 0.4) is 0 Å². The summed E-state index contributed by atoms with van der Waals surface area (Å²) in [5.74, 6) is 0. The molecule has 0 fully saturated rings. The molecule has 0 N–H and O–H groups in total. The molecular weight excluding hydrogens is 126 g/mol. The Labute approximate surface area is 52.7 Å². The SMILES string of the molecule is C[CH]OCOC[N+](=O)[O-].